The number of nitrogens with zero attached hydrogens (tertiary/aromatic N) is 1. The molecule has 3 N–H and O–H groups in total. The third-order valence-electron chi connectivity index (χ3n) is 6.02. The summed E-state index contributed by atoms with van der Waals surface area (Å²) in [6.07, 6.45) is 1.28. The van der Waals surface area contributed by atoms with Crippen LogP contribution in [0.3, 0.4) is 0 Å². The molecule has 0 unspecified atom stereocenters. The van der Waals surface area contributed by atoms with Crippen molar-refractivity contribution in [3.05, 3.63) is 105 Å². The van der Waals surface area contributed by atoms with Gasteiger partial charge in [0.15, 0.2) is 0 Å². The lowest BCUT2D eigenvalue weighted by Gasteiger charge is -2.25. The van der Waals surface area contributed by atoms with Crippen molar-refractivity contribution in [2.45, 2.75) is 38.1 Å². The second kappa shape index (κ2) is 12.4. The fourth-order valence-corrected chi connectivity index (χ4v) is 4.86. The highest BCUT2D eigenvalue weighted by atomic mass is 127. The number of aliphatic hydroxyl groups excluding tert-OH is 1. The van der Waals surface area contributed by atoms with Crippen LogP contribution in [0.2, 0.25) is 0 Å². The van der Waals surface area contributed by atoms with Crippen molar-refractivity contribution in [1.82, 2.24) is 15.2 Å². The molecule has 0 aliphatic rings. The molecule has 5 nitrogen and oxygen atoms in total. The second-order valence-electron chi connectivity index (χ2n) is 8.80. The van der Waals surface area contributed by atoms with Gasteiger partial charge in [0.05, 0.1) is 12.1 Å². The average molecular weight is 603 g/mol. The van der Waals surface area contributed by atoms with E-state index in [1.807, 2.05) is 65.4 Å². The Hall–Kier alpha value is -2.82. The maximum atomic E-state index is 13.8. The number of rotatable bonds is 11. The summed E-state index contributed by atoms with van der Waals surface area (Å²) in [6, 6.07) is 20.4. The third-order valence-corrected chi connectivity index (χ3v) is 6.69. The molecular formula is C28H28F2IN3O2. The van der Waals surface area contributed by atoms with E-state index in [2.05, 4.69) is 33.2 Å². The Morgan fingerprint density at radius 1 is 0.972 bits per heavy atom. The highest BCUT2D eigenvalue weighted by Crippen LogP contribution is 2.16. The third kappa shape index (κ3) is 7.35. The number of benzene rings is 3. The molecule has 0 radical (unpaired) electrons. The van der Waals surface area contributed by atoms with E-state index < -0.39 is 23.8 Å². The first-order chi connectivity index (χ1) is 17.4. The molecule has 4 rings (SSSR count). The zero-order valence-electron chi connectivity index (χ0n) is 19.6. The summed E-state index contributed by atoms with van der Waals surface area (Å²) in [4.78, 5) is 12.8. The molecule has 0 saturated carbocycles. The Bertz CT molecular complexity index is 1310. The quantitative estimate of drug-likeness (QED) is 0.216. The molecule has 1 amide bonds. The molecule has 0 aliphatic carbocycles. The van der Waals surface area contributed by atoms with Gasteiger partial charge >= 0.3 is 0 Å². The van der Waals surface area contributed by atoms with E-state index in [-0.39, 0.29) is 25.3 Å². The molecule has 0 aliphatic heterocycles. The predicted octanol–water partition coefficient (Wildman–Crippen LogP) is 4.79. The summed E-state index contributed by atoms with van der Waals surface area (Å²) in [5, 5.41) is 18.1. The Morgan fingerprint density at radius 3 is 2.53 bits per heavy atom. The highest BCUT2D eigenvalue weighted by molar-refractivity contribution is 14.1. The number of carbonyl (C=O) groups excluding carboxylic acids is 1. The lowest BCUT2D eigenvalue weighted by molar-refractivity contribution is -0.122. The number of hydrogen-bond acceptors (Lipinski definition) is 3. The van der Waals surface area contributed by atoms with Crippen LogP contribution >= 0.6 is 22.6 Å². The van der Waals surface area contributed by atoms with Crippen molar-refractivity contribution in [2.24, 2.45) is 0 Å². The highest BCUT2D eigenvalue weighted by Gasteiger charge is 2.22. The topological polar surface area (TPSA) is 66.3 Å². The van der Waals surface area contributed by atoms with Crippen molar-refractivity contribution in [1.29, 1.82) is 0 Å². The molecular weight excluding hydrogens is 575 g/mol. The van der Waals surface area contributed by atoms with E-state index >= 15 is 0 Å². The number of amides is 1. The maximum Gasteiger partial charge on any atom is 0.222 e. The number of para-hydroxylation sites is 1. The van der Waals surface area contributed by atoms with Gasteiger partial charge in [-0.15, -0.1) is 0 Å². The van der Waals surface area contributed by atoms with Gasteiger partial charge in [0.1, 0.15) is 11.6 Å². The Kier molecular flexibility index (Phi) is 9.06. The van der Waals surface area contributed by atoms with E-state index in [0.717, 1.165) is 26.1 Å². The molecule has 3 aromatic carbocycles. The summed E-state index contributed by atoms with van der Waals surface area (Å²) < 4.78 is 30.6. The zero-order valence-corrected chi connectivity index (χ0v) is 21.8. The molecule has 1 heterocycles. The summed E-state index contributed by atoms with van der Waals surface area (Å²) in [5.74, 6) is -1.63. The van der Waals surface area contributed by atoms with Gasteiger partial charge in [0.25, 0.3) is 0 Å². The van der Waals surface area contributed by atoms with E-state index in [9.17, 15) is 18.7 Å². The van der Waals surface area contributed by atoms with Gasteiger partial charge in [-0.25, -0.2) is 8.78 Å². The predicted molar refractivity (Wildman–Crippen MR) is 145 cm³/mol. The van der Waals surface area contributed by atoms with Crippen LogP contribution in [0.1, 0.15) is 17.5 Å². The molecule has 1 aromatic heterocycles. The van der Waals surface area contributed by atoms with Crippen LogP contribution in [0.25, 0.3) is 10.9 Å². The van der Waals surface area contributed by atoms with Crippen LogP contribution in [0.4, 0.5) is 8.78 Å². The number of hydrogen-bond donors (Lipinski definition) is 3. The standard InChI is InChI=1S/C28H28F2IN3O2/c29-22-12-20(13-23(30)16-22)15-25(27(35)18-32-17-19-4-3-6-24(31)14-19)33-28(36)9-11-34-10-8-21-5-1-2-7-26(21)34/h1-8,10,12-14,16,25,27,32,35H,9,11,15,17-18H2,(H,33,36)/t25-,27+/m0/s1. The first-order valence-electron chi connectivity index (χ1n) is 11.8. The van der Waals surface area contributed by atoms with Crippen molar-refractivity contribution in [2.75, 3.05) is 6.54 Å². The fourth-order valence-electron chi connectivity index (χ4n) is 4.26. The normalized spacial score (nSPS) is 13.0. The van der Waals surface area contributed by atoms with Gasteiger partial charge in [-0.1, -0.05) is 30.3 Å². The summed E-state index contributed by atoms with van der Waals surface area (Å²) in [6.45, 7) is 1.22. The number of fused-ring (bicyclic) bond motifs is 1. The number of nitrogens with one attached hydrogen (secondary N) is 2. The minimum Gasteiger partial charge on any atom is -0.390 e. The number of aryl methyl sites for hydroxylation is 1. The maximum absolute atomic E-state index is 13.8. The van der Waals surface area contributed by atoms with Gasteiger partial charge < -0.3 is 20.3 Å². The van der Waals surface area contributed by atoms with E-state index in [0.29, 0.717) is 18.7 Å². The van der Waals surface area contributed by atoms with Crippen molar-refractivity contribution < 1.29 is 18.7 Å². The first kappa shape index (κ1) is 26.2. The Balaban J connectivity index is 1.40. The van der Waals surface area contributed by atoms with Crippen LogP contribution < -0.4 is 10.6 Å². The van der Waals surface area contributed by atoms with E-state index in [1.165, 1.54) is 12.1 Å². The molecule has 36 heavy (non-hydrogen) atoms. The monoisotopic (exact) mass is 603 g/mol. The zero-order chi connectivity index (χ0) is 25.5. The van der Waals surface area contributed by atoms with Crippen molar-refractivity contribution in [3.8, 4) is 0 Å². The van der Waals surface area contributed by atoms with Crippen molar-refractivity contribution >= 4 is 39.4 Å². The molecule has 0 fully saturated rings. The molecule has 0 spiro atoms. The summed E-state index contributed by atoms with van der Waals surface area (Å²) >= 11 is 2.24. The van der Waals surface area contributed by atoms with E-state index in [1.54, 1.807) is 0 Å². The molecule has 4 aromatic rings. The number of carbonyl (C=O) groups is 1. The molecule has 8 heteroatoms. The van der Waals surface area contributed by atoms with Gasteiger partial charge in [0.2, 0.25) is 5.91 Å². The van der Waals surface area contributed by atoms with Crippen LogP contribution in [-0.2, 0) is 24.3 Å². The van der Waals surface area contributed by atoms with Crippen LogP contribution in [-0.4, -0.2) is 34.3 Å². The lowest BCUT2D eigenvalue weighted by atomic mass is 10.0. The molecule has 0 saturated heterocycles. The largest absolute Gasteiger partial charge is 0.390 e. The van der Waals surface area contributed by atoms with Gasteiger partial charge in [0, 0.05) is 47.4 Å². The fraction of sp³-hybridized carbons (Fsp3) is 0.250. The van der Waals surface area contributed by atoms with Gasteiger partial charge in [-0.3, -0.25) is 4.79 Å². The van der Waals surface area contributed by atoms with Crippen LogP contribution in [0, 0.1) is 15.2 Å². The molecule has 2 atom stereocenters. The Morgan fingerprint density at radius 2 is 1.75 bits per heavy atom. The van der Waals surface area contributed by atoms with Crippen LogP contribution in [0.5, 0.6) is 0 Å². The Labute approximate surface area is 222 Å². The summed E-state index contributed by atoms with van der Waals surface area (Å²) in [7, 11) is 0. The molecule has 0 bridgehead atoms. The second-order valence-corrected chi connectivity index (χ2v) is 10.0. The van der Waals surface area contributed by atoms with Crippen LogP contribution in [0.15, 0.2) is 79.0 Å². The molecule has 188 valence electrons. The van der Waals surface area contributed by atoms with Crippen molar-refractivity contribution in [3.63, 3.8) is 0 Å². The minimum atomic E-state index is -0.963. The van der Waals surface area contributed by atoms with E-state index in [4.69, 9.17) is 0 Å². The number of aliphatic hydroxyl groups is 1. The first-order valence-corrected chi connectivity index (χ1v) is 12.9. The van der Waals surface area contributed by atoms with Gasteiger partial charge in [-0.2, -0.15) is 0 Å². The SMILES string of the molecule is O=C(CCn1ccc2ccccc21)N[C@@H](Cc1cc(F)cc(F)c1)[C@H](O)CNCc1cccc(I)c1. The number of aromatic nitrogens is 1. The number of halogens is 3. The average Bonchev–Trinajstić information content (AvgIpc) is 3.25. The van der Waals surface area contributed by atoms with Gasteiger partial charge in [-0.05, 0) is 81.9 Å². The smallest absolute Gasteiger partial charge is 0.222 e. The lowest BCUT2D eigenvalue weighted by Crippen LogP contribution is -2.48. The minimum absolute atomic E-state index is 0.0962. The summed E-state index contributed by atoms with van der Waals surface area (Å²) in [5.41, 5.74) is 2.48.